The monoisotopic (exact) mass is 337 g/mol. The Bertz CT molecular complexity index is 710. The molecule has 0 saturated heterocycles. The Morgan fingerprint density at radius 1 is 1.29 bits per heavy atom. The summed E-state index contributed by atoms with van der Waals surface area (Å²) >= 11 is 0. The van der Waals surface area contributed by atoms with Crippen LogP contribution in [0.4, 0.5) is 8.78 Å². The topological polar surface area (TPSA) is 62.5 Å². The van der Waals surface area contributed by atoms with Crippen LogP contribution in [-0.2, 0) is 16.8 Å². The summed E-state index contributed by atoms with van der Waals surface area (Å²) in [4.78, 5) is 11.8. The minimum absolute atomic E-state index is 0.00706. The number of aryl methyl sites for hydroxylation is 2. The molecule has 6 heteroatoms. The van der Waals surface area contributed by atoms with Crippen molar-refractivity contribution in [2.75, 3.05) is 6.54 Å². The van der Waals surface area contributed by atoms with Crippen molar-refractivity contribution in [3.63, 3.8) is 0 Å². The Morgan fingerprint density at radius 2 is 2.04 bits per heavy atom. The van der Waals surface area contributed by atoms with E-state index in [1.54, 1.807) is 26.0 Å². The molecule has 0 aliphatic heterocycles. The Hall–Kier alpha value is -2.21. The van der Waals surface area contributed by atoms with E-state index < -0.39 is 17.2 Å². The van der Waals surface area contributed by atoms with Gasteiger partial charge in [0.25, 0.3) is 0 Å². The predicted octanol–water partition coefficient (Wildman–Crippen LogP) is 3.21. The molecule has 1 unspecified atom stereocenters. The van der Waals surface area contributed by atoms with Gasteiger partial charge in [-0.2, -0.15) is 0 Å². The molecule has 2 rings (SSSR count). The van der Waals surface area contributed by atoms with Crippen LogP contribution in [0.5, 0.6) is 0 Å². The zero-order valence-corrected chi connectivity index (χ0v) is 13.7. The fraction of sp³-hybridized carbons (Fsp3) is 0.389. The summed E-state index contributed by atoms with van der Waals surface area (Å²) in [5, 5.41) is 12.9. The Labute approximate surface area is 139 Å². The van der Waals surface area contributed by atoms with Crippen LogP contribution in [0, 0.1) is 18.6 Å². The summed E-state index contributed by atoms with van der Waals surface area (Å²) in [6.45, 7) is 3.32. The number of halogens is 2. The number of furan rings is 1. The highest BCUT2D eigenvalue weighted by Crippen LogP contribution is 2.22. The maximum Gasteiger partial charge on any atom is 0.220 e. The summed E-state index contributed by atoms with van der Waals surface area (Å²) in [6, 6.07) is 6.67. The van der Waals surface area contributed by atoms with Gasteiger partial charge in [-0.05, 0) is 62.6 Å². The van der Waals surface area contributed by atoms with Gasteiger partial charge in [-0.3, -0.25) is 4.79 Å². The first-order valence-electron chi connectivity index (χ1n) is 7.78. The first kappa shape index (κ1) is 18.1. The van der Waals surface area contributed by atoms with Gasteiger partial charge >= 0.3 is 0 Å². The average Bonchev–Trinajstić information content (AvgIpc) is 2.96. The lowest BCUT2D eigenvalue weighted by Gasteiger charge is -2.21. The van der Waals surface area contributed by atoms with Gasteiger partial charge in [-0.1, -0.05) is 0 Å². The molecule has 0 spiro atoms. The molecule has 0 bridgehead atoms. The third-order valence-corrected chi connectivity index (χ3v) is 3.76. The third kappa shape index (κ3) is 4.89. The molecule has 24 heavy (non-hydrogen) atoms. The number of benzene rings is 1. The molecule has 1 heterocycles. The lowest BCUT2D eigenvalue weighted by molar-refractivity contribution is -0.122. The van der Waals surface area contributed by atoms with Crippen LogP contribution >= 0.6 is 0 Å². The molecule has 2 aromatic rings. The van der Waals surface area contributed by atoms with Crippen molar-refractivity contribution in [2.24, 2.45) is 0 Å². The molecule has 130 valence electrons. The van der Waals surface area contributed by atoms with Gasteiger partial charge in [0.05, 0.1) is 6.54 Å². The smallest absolute Gasteiger partial charge is 0.220 e. The van der Waals surface area contributed by atoms with Crippen molar-refractivity contribution in [1.82, 2.24) is 5.32 Å². The highest BCUT2D eigenvalue weighted by atomic mass is 19.1. The fourth-order valence-corrected chi connectivity index (χ4v) is 2.34. The van der Waals surface area contributed by atoms with E-state index in [-0.39, 0.29) is 30.9 Å². The molecule has 0 fully saturated rings. The number of hydrogen-bond acceptors (Lipinski definition) is 3. The quantitative estimate of drug-likeness (QED) is 0.815. The third-order valence-electron chi connectivity index (χ3n) is 3.76. The second kappa shape index (κ2) is 7.57. The van der Waals surface area contributed by atoms with Crippen LogP contribution < -0.4 is 5.32 Å². The van der Waals surface area contributed by atoms with Crippen LogP contribution in [-0.4, -0.2) is 17.6 Å². The van der Waals surface area contributed by atoms with Crippen LogP contribution in [0.2, 0.25) is 0 Å². The molecule has 0 saturated carbocycles. The van der Waals surface area contributed by atoms with Crippen molar-refractivity contribution in [1.29, 1.82) is 0 Å². The maximum absolute atomic E-state index is 13.5. The van der Waals surface area contributed by atoms with Crippen molar-refractivity contribution in [3.8, 4) is 0 Å². The molecular weight excluding hydrogens is 316 g/mol. The average molecular weight is 337 g/mol. The van der Waals surface area contributed by atoms with E-state index in [0.29, 0.717) is 17.9 Å². The Morgan fingerprint density at radius 3 is 2.71 bits per heavy atom. The van der Waals surface area contributed by atoms with Gasteiger partial charge in [-0.25, -0.2) is 8.78 Å². The summed E-state index contributed by atoms with van der Waals surface area (Å²) < 4.78 is 31.9. The summed E-state index contributed by atoms with van der Waals surface area (Å²) in [5.41, 5.74) is -1.06. The van der Waals surface area contributed by atoms with Gasteiger partial charge in [0.15, 0.2) is 0 Å². The SMILES string of the molecule is Cc1ccc(C(C)(O)CNC(=O)CCCc2cc(F)ccc2F)o1. The van der Waals surface area contributed by atoms with Crippen LogP contribution in [0.25, 0.3) is 0 Å². The molecular formula is C18H21F2NO3. The van der Waals surface area contributed by atoms with E-state index in [1.807, 2.05) is 0 Å². The van der Waals surface area contributed by atoms with E-state index >= 15 is 0 Å². The maximum atomic E-state index is 13.5. The molecule has 2 N–H and O–H groups in total. The standard InChI is InChI=1S/C18H21F2NO3/c1-12-6-9-16(24-12)18(2,23)11-21-17(22)5-3-4-13-10-14(19)7-8-15(13)20/h6-10,23H,3-5,11H2,1-2H3,(H,21,22). The second-order valence-electron chi connectivity index (χ2n) is 6.05. The summed E-state index contributed by atoms with van der Waals surface area (Å²) in [6.07, 6.45) is 0.808. The van der Waals surface area contributed by atoms with Crippen LogP contribution in [0.15, 0.2) is 34.7 Å². The van der Waals surface area contributed by atoms with E-state index in [9.17, 15) is 18.7 Å². The normalized spacial score (nSPS) is 13.5. The zero-order valence-electron chi connectivity index (χ0n) is 13.7. The minimum atomic E-state index is -1.31. The number of rotatable bonds is 7. The molecule has 0 aliphatic carbocycles. The van der Waals surface area contributed by atoms with E-state index in [0.717, 1.165) is 18.2 Å². The van der Waals surface area contributed by atoms with Crippen molar-refractivity contribution in [3.05, 3.63) is 59.1 Å². The van der Waals surface area contributed by atoms with Gasteiger partial charge in [-0.15, -0.1) is 0 Å². The largest absolute Gasteiger partial charge is 0.463 e. The number of amides is 1. The fourth-order valence-electron chi connectivity index (χ4n) is 2.34. The van der Waals surface area contributed by atoms with Crippen molar-refractivity contribution in [2.45, 2.75) is 38.7 Å². The zero-order chi connectivity index (χ0) is 17.7. The summed E-state index contributed by atoms with van der Waals surface area (Å²) in [7, 11) is 0. The number of carbonyl (C=O) groups excluding carboxylic acids is 1. The van der Waals surface area contributed by atoms with Crippen LogP contribution in [0.3, 0.4) is 0 Å². The number of nitrogens with one attached hydrogen (secondary N) is 1. The van der Waals surface area contributed by atoms with E-state index in [2.05, 4.69) is 5.32 Å². The second-order valence-corrected chi connectivity index (χ2v) is 6.05. The lowest BCUT2D eigenvalue weighted by Crippen LogP contribution is -2.38. The minimum Gasteiger partial charge on any atom is -0.463 e. The first-order valence-corrected chi connectivity index (χ1v) is 7.78. The predicted molar refractivity (Wildman–Crippen MR) is 85.3 cm³/mol. The molecule has 1 aromatic carbocycles. The highest BCUT2D eigenvalue weighted by Gasteiger charge is 2.27. The Kier molecular flexibility index (Phi) is 5.72. The molecule has 1 aromatic heterocycles. The van der Waals surface area contributed by atoms with Gasteiger partial charge < -0.3 is 14.8 Å². The number of hydrogen-bond donors (Lipinski definition) is 2. The van der Waals surface area contributed by atoms with Gasteiger partial charge in [0, 0.05) is 6.42 Å². The first-order chi connectivity index (χ1) is 11.3. The highest BCUT2D eigenvalue weighted by molar-refractivity contribution is 5.75. The molecule has 0 aliphatic rings. The molecule has 1 amide bonds. The van der Waals surface area contributed by atoms with Gasteiger partial charge in [0.2, 0.25) is 5.91 Å². The molecule has 1 atom stereocenters. The van der Waals surface area contributed by atoms with E-state index in [1.165, 1.54) is 0 Å². The lowest BCUT2D eigenvalue weighted by atomic mass is 10.0. The van der Waals surface area contributed by atoms with E-state index in [4.69, 9.17) is 4.42 Å². The summed E-state index contributed by atoms with van der Waals surface area (Å²) in [5.74, 6) is -0.195. The Balaban J connectivity index is 1.78. The van der Waals surface area contributed by atoms with Crippen LogP contribution in [0.1, 0.15) is 36.8 Å². The number of carbonyl (C=O) groups is 1. The molecule has 0 radical (unpaired) electrons. The van der Waals surface area contributed by atoms with Crippen molar-refractivity contribution < 1.29 is 23.1 Å². The van der Waals surface area contributed by atoms with Crippen molar-refractivity contribution >= 4 is 5.91 Å². The molecule has 4 nitrogen and oxygen atoms in total. The van der Waals surface area contributed by atoms with Gasteiger partial charge in [0.1, 0.15) is 28.8 Å². The number of aliphatic hydroxyl groups is 1.